The molecule has 0 spiro atoms. The molecular weight excluding hydrogens is 434 g/mol. The molecule has 2 aromatic rings. The van der Waals surface area contributed by atoms with Gasteiger partial charge in [0.2, 0.25) is 0 Å². The minimum absolute atomic E-state index is 0. The summed E-state index contributed by atoms with van der Waals surface area (Å²) < 4.78 is 0.939. The summed E-state index contributed by atoms with van der Waals surface area (Å²) in [5, 5.41) is 24.5. The van der Waals surface area contributed by atoms with Gasteiger partial charge in [-0.2, -0.15) is 0 Å². The molecule has 0 amide bonds. The number of nitrogens with zero attached hydrogens (tertiary/aromatic N) is 1. The summed E-state index contributed by atoms with van der Waals surface area (Å²) in [6.07, 6.45) is 1.50. The maximum Gasteiger partial charge on any atom is 0.332 e. The van der Waals surface area contributed by atoms with Crippen LogP contribution in [0, 0.1) is 0 Å². The Hall–Kier alpha value is -3.42. The Kier molecular flexibility index (Phi) is 12.3. The molecule has 2 rings (SSSR count). The van der Waals surface area contributed by atoms with Crippen molar-refractivity contribution in [2.24, 2.45) is 0 Å². The number of halogens is 1. The molecule has 8 heteroatoms. The predicted octanol–water partition coefficient (Wildman–Crippen LogP) is 0.667. The van der Waals surface area contributed by atoms with E-state index in [1.807, 2.05) is 6.08 Å². The molecule has 0 aliphatic carbocycles. The van der Waals surface area contributed by atoms with Crippen molar-refractivity contribution in [3.8, 4) is 0 Å². The van der Waals surface area contributed by atoms with Crippen LogP contribution in [0.3, 0.4) is 0 Å². The number of hydrogen-bond donors (Lipinski definition) is 3. The fourth-order valence-electron chi connectivity index (χ4n) is 2.97. The third-order valence-corrected chi connectivity index (χ3v) is 4.24. The van der Waals surface area contributed by atoms with Gasteiger partial charge in [-0.15, -0.1) is 0 Å². The molecule has 7 nitrogen and oxygen atoms in total. The lowest BCUT2D eigenvalue weighted by molar-refractivity contribution is -0.916. The Balaban J connectivity index is 0.000000647. The third kappa shape index (κ3) is 11.1. The zero-order chi connectivity index (χ0) is 23.4. The minimum atomic E-state index is -1.54. The molecule has 0 aliphatic heterocycles. The van der Waals surface area contributed by atoms with E-state index in [0.717, 1.165) is 17.6 Å². The smallest absolute Gasteiger partial charge is 0.332 e. The van der Waals surface area contributed by atoms with Crippen molar-refractivity contribution in [1.29, 1.82) is 0 Å². The van der Waals surface area contributed by atoms with Crippen molar-refractivity contribution in [2.45, 2.75) is 19.5 Å². The molecule has 0 saturated heterocycles. The van der Waals surface area contributed by atoms with Gasteiger partial charge in [0.1, 0.15) is 13.1 Å². The fraction of sp³-hybridized carbons (Fsp3) is 0.208. The maximum atomic E-state index is 10.2. The van der Waals surface area contributed by atoms with Crippen LogP contribution in [0.2, 0.25) is 0 Å². The monoisotopic (exact) mass is 461 g/mol. The van der Waals surface area contributed by atoms with Crippen molar-refractivity contribution in [2.75, 3.05) is 14.1 Å². The molecule has 172 valence electrons. The van der Waals surface area contributed by atoms with E-state index in [1.165, 1.54) is 16.7 Å². The molecule has 0 unspecified atom stereocenters. The topological polar surface area (TPSA) is 112 Å². The quantitative estimate of drug-likeness (QED) is 0.374. The number of carbonyl (C=O) groups is 3. The Labute approximate surface area is 193 Å². The lowest BCUT2D eigenvalue weighted by Gasteiger charge is -2.30. The molecule has 0 radical (unpaired) electrons. The Bertz CT molecular complexity index is 954. The average Bonchev–Trinajstić information content (AvgIpc) is 2.67. The summed E-state index contributed by atoms with van der Waals surface area (Å²) in [4.78, 5) is 30.1. The Morgan fingerprint density at radius 2 is 1.47 bits per heavy atom. The highest BCUT2D eigenvalue weighted by molar-refractivity contribution is 5.98. The first-order valence-corrected chi connectivity index (χ1v) is 9.49. The Morgan fingerprint density at radius 1 is 0.906 bits per heavy atom. The summed E-state index contributed by atoms with van der Waals surface area (Å²) in [5.74, 6) is -4.40. The van der Waals surface area contributed by atoms with Crippen molar-refractivity contribution >= 4 is 24.0 Å². The van der Waals surface area contributed by atoms with Gasteiger partial charge in [-0.05, 0) is 5.56 Å². The maximum absolute atomic E-state index is 10.2. The first kappa shape index (κ1) is 28.6. The number of carboxylic acid groups (broad SMARTS) is 3. The molecule has 0 fully saturated rings. The molecule has 32 heavy (non-hydrogen) atoms. The number of benzene rings is 2. The van der Waals surface area contributed by atoms with E-state index in [0.29, 0.717) is 6.08 Å². The zero-order valence-corrected chi connectivity index (χ0v) is 18.8. The second-order valence-electron chi connectivity index (χ2n) is 7.52. The van der Waals surface area contributed by atoms with Crippen molar-refractivity contribution in [1.82, 2.24) is 0 Å². The standard InChI is InChI=1S/C18H22N.C6H6O6.ClH/c1-4-17-12-8-9-13-18(17)15-19(2,3)14-16-10-6-5-7-11-16;7-4(8)1-3(6(11)12)2-5(9)10;/h4-13H,1,14-15H2,2-3H3;1H,2H2,(H,7,8)(H,9,10)(H,11,12);1H/q+1;;/p-1. The predicted molar refractivity (Wildman–Crippen MR) is 118 cm³/mol. The van der Waals surface area contributed by atoms with Crippen LogP contribution in [0.4, 0.5) is 0 Å². The number of hydrogen-bond acceptors (Lipinski definition) is 3. The van der Waals surface area contributed by atoms with Gasteiger partial charge in [-0.3, -0.25) is 4.79 Å². The lowest BCUT2D eigenvalue weighted by Crippen LogP contribution is -3.00. The van der Waals surface area contributed by atoms with Gasteiger partial charge < -0.3 is 32.2 Å². The van der Waals surface area contributed by atoms with E-state index in [4.69, 9.17) is 15.3 Å². The highest BCUT2D eigenvalue weighted by Gasteiger charge is 2.17. The van der Waals surface area contributed by atoms with Crippen molar-refractivity contribution in [3.05, 3.63) is 89.5 Å². The first-order valence-electron chi connectivity index (χ1n) is 9.49. The normalized spacial score (nSPS) is 10.8. The van der Waals surface area contributed by atoms with E-state index < -0.39 is 29.9 Å². The van der Waals surface area contributed by atoms with Gasteiger partial charge in [0, 0.05) is 17.2 Å². The molecule has 0 aromatic heterocycles. The highest BCUT2D eigenvalue weighted by atomic mass is 35.5. The van der Waals surface area contributed by atoms with Crippen LogP contribution in [0.1, 0.15) is 23.1 Å². The molecular formula is C24H28ClNO6. The molecule has 0 saturated carbocycles. The van der Waals surface area contributed by atoms with Gasteiger partial charge in [-0.1, -0.05) is 67.3 Å². The van der Waals surface area contributed by atoms with E-state index in [2.05, 4.69) is 75.3 Å². The number of quaternary nitrogens is 1. The van der Waals surface area contributed by atoms with Crippen molar-refractivity contribution in [3.63, 3.8) is 0 Å². The summed E-state index contributed by atoms with van der Waals surface area (Å²) in [7, 11) is 4.54. The van der Waals surface area contributed by atoms with Gasteiger partial charge in [0.05, 0.1) is 26.1 Å². The van der Waals surface area contributed by atoms with Gasteiger partial charge in [-0.25, -0.2) is 9.59 Å². The summed E-state index contributed by atoms with van der Waals surface area (Å²) in [5.41, 5.74) is 3.32. The minimum Gasteiger partial charge on any atom is -1.00 e. The SMILES string of the molecule is C=Cc1ccccc1C[N+](C)(C)Cc1ccccc1.O=C(O)C=C(CC(=O)O)C(=O)O.[Cl-]. The second-order valence-corrected chi connectivity index (χ2v) is 7.52. The fourth-order valence-corrected chi connectivity index (χ4v) is 2.97. The summed E-state index contributed by atoms with van der Waals surface area (Å²) in [6.45, 7) is 5.94. The molecule has 0 aliphatic rings. The molecule has 0 heterocycles. The van der Waals surface area contributed by atoms with Crippen LogP contribution in [0.25, 0.3) is 6.08 Å². The lowest BCUT2D eigenvalue weighted by atomic mass is 10.1. The number of rotatable bonds is 9. The highest BCUT2D eigenvalue weighted by Crippen LogP contribution is 2.18. The van der Waals surface area contributed by atoms with E-state index in [1.54, 1.807) is 0 Å². The molecule has 0 bridgehead atoms. The van der Waals surface area contributed by atoms with Crippen LogP contribution < -0.4 is 12.4 Å². The van der Waals surface area contributed by atoms with Crippen molar-refractivity contribution < 1.29 is 46.6 Å². The van der Waals surface area contributed by atoms with Crippen LogP contribution in [0.15, 0.2) is 72.8 Å². The summed E-state index contributed by atoms with van der Waals surface area (Å²) in [6, 6.07) is 19.2. The van der Waals surface area contributed by atoms with E-state index in [-0.39, 0.29) is 12.4 Å². The van der Waals surface area contributed by atoms with Crippen LogP contribution in [0.5, 0.6) is 0 Å². The third-order valence-electron chi connectivity index (χ3n) is 4.24. The zero-order valence-electron chi connectivity index (χ0n) is 18.1. The van der Waals surface area contributed by atoms with E-state index in [9.17, 15) is 14.4 Å². The first-order chi connectivity index (χ1) is 14.5. The molecule has 2 aromatic carbocycles. The number of aliphatic carboxylic acids is 3. The average molecular weight is 462 g/mol. The number of carboxylic acids is 3. The van der Waals surface area contributed by atoms with Crippen LogP contribution >= 0.6 is 0 Å². The Morgan fingerprint density at radius 3 is 1.97 bits per heavy atom. The van der Waals surface area contributed by atoms with Gasteiger partial charge in [0.25, 0.3) is 0 Å². The van der Waals surface area contributed by atoms with E-state index >= 15 is 0 Å². The van der Waals surface area contributed by atoms with Gasteiger partial charge in [0.15, 0.2) is 0 Å². The largest absolute Gasteiger partial charge is 1.00 e. The molecule has 0 atom stereocenters. The molecule has 3 N–H and O–H groups in total. The summed E-state index contributed by atoms with van der Waals surface area (Å²) >= 11 is 0. The van der Waals surface area contributed by atoms with Gasteiger partial charge >= 0.3 is 17.9 Å². The van der Waals surface area contributed by atoms with Crippen LogP contribution in [-0.4, -0.2) is 51.8 Å². The van der Waals surface area contributed by atoms with Crippen LogP contribution in [-0.2, 0) is 27.5 Å². The second kappa shape index (κ2) is 13.8.